The van der Waals surface area contributed by atoms with Crippen molar-refractivity contribution in [3.8, 4) is 0 Å². The topological polar surface area (TPSA) is 56.7 Å². The molecule has 0 fully saturated rings. The maximum atomic E-state index is 9.56. The number of thioether (sulfide) groups is 1. The Morgan fingerprint density at radius 3 is 2.67 bits per heavy atom. The van der Waals surface area contributed by atoms with Crippen LogP contribution in [-0.2, 0) is 0 Å². The summed E-state index contributed by atoms with van der Waals surface area (Å²) in [6.07, 6.45) is 3.23. The highest BCUT2D eigenvalue weighted by atomic mass is 32.2. The van der Waals surface area contributed by atoms with Crippen molar-refractivity contribution < 1.29 is 5.11 Å². The normalized spacial score (nSPS) is 13.0. The van der Waals surface area contributed by atoms with E-state index in [1.165, 1.54) is 0 Å². The number of rotatable bonds is 9. The lowest BCUT2D eigenvalue weighted by molar-refractivity contribution is 0.268. The zero-order chi connectivity index (χ0) is 15.3. The number of aliphatic imine (C=N–C) groups is 1. The monoisotopic (exact) mass is 309 g/mol. The van der Waals surface area contributed by atoms with Crippen LogP contribution in [0.15, 0.2) is 35.3 Å². The van der Waals surface area contributed by atoms with Gasteiger partial charge in [0.1, 0.15) is 0 Å². The van der Waals surface area contributed by atoms with Crippen LogP contribution in [0.4, 0.5) is 0 Å². The van der Waals surface area contributed by atoms with E-state index in [0.717, 1.165) is 36.8 Å². The van der Waals surface area contributed by atoms with E-state index < -0.39 is 0 Å². The number of aliphatic hydroxyl groups is 1. The predicted molar refractivity (Wildman–Crippen MR) is 93.2 cm³/mol. The van der Waals surface area contributed by atoms with E-state index in [1.54, 1.807) is 0 Å². The van der Waals surface area contributed by atoms with Gasteiger partial charge in [-0.15, -0.1) is 0 Å². The molecule has 0 spiro atoms. The van der Waals surface area contributed by atoms with E-state index in [1.807, 2.05) is 42.1 Å². The maximum Gasteiger partial charge on any atom is 0.191 e. The second kappa shape index (κ2) is 11.5. The number of hydrogen-bond acceptors (Lipinski definition) is 3. The standard InChI is InChI=1S/C16H27N3OS/c1-3-17-16(18-10-7-11-21-2)19-12-15(13-20)14-8-5-4-6-9-14/h4-6,8-9,15,20H,3,7,10-13H2,1-2H3,(H2,17,18,19). The van der Waals surface area contributed by atoms with Crippen LogP contribution < -0.4 is 10.6 Å². The molecule has 3 N–H and O–H groups in total. The van der Waals surface area contributed by atoms with E-state index in [4.69, 9.17) is 0 Å². The lowest BCUT2D eigenvalue weighted by Gasteiger charge is -2.15. The minimum atomic E-state index is 0.0489. The van der Waals surface area contributed by atoms with Gasteiger partial charge in [-0.25, -0.2) is 0 Å². The minimum Gasteiger partial charge on any atom is -0.396 e. The van der Waals surface area contributed by atoms with Crippen LogP contribution in [0, 0.1) is 0 Å². The molecule has 5 heteroatoms. The SMILES string of the molecule is CCNC(=NCC(CO)c1ccccc1)NCCCSC. The maximum absolute atomic E-state index is 9.56. The molecule has 0 amide bonds. The molecule has 1 aromatic carbocycles. The largest absolute Gasteiger partial charge is 0.396 e. The second-order valence-corrected chi connectivity index (χ2v) is 5.77. The Morgan fingerprint density at radius 2 is 2.05 bits per heavy atom. The fourth-order valence-corrected chi connectivity index (χ4v) is 2.39. The van der Waals surface area contributed by atoms with Crippen molar-refractivity contribution in [3.05, 3.63) is 35.9 Å². The smallest absolute Gasteiger partial charge is 0.191 e. The number of guanidine groups is 1. The van der Waals surface area contributed by atoms with Crippen LogP contribution in [0.1, 0.15) is 24.8 Å². The average Bonchev–Trinajstić information content (AvgIpc) is 2.53. The Kier molecular flexibility index (Phi) is 9.74. The van der Waals surface area contributed by atoms with Crippen LogP contribution in [0.5, 0.6) is 0 Å². The molecule has 1 unspecified atom stereocenters. The summed E-state index contributed by atoms with van der Waals surface area (Å²) < 4.78 is 0. The molecule has 1 atom stereocenters. The van der Waals surface area contributed by atoms with Gasteiger partial charge in [0.25, 0.3) is 0 Å². The van der Waals surface area contributed by atoms with Gasteiger partial charge >= 0.3 is 0 Å². The molecular formula is C16H27N3OS. The van der Waals surface area contributed by atoms with Crippen molar-refractivity contribution in [2.24, 2.45) is 4.99 Å². The van der Waals surface area contributed by atoms with Gasteiger partial charge in [-0.2, -0.15) is 11.8 Å². The number of aliphatic hydroxyl groups excluding tert-OH is 1. The van der Waals surface area contributed by atoms with Gasteiger partial charge in [-0.3, -0.25) is 4.99 Å². The fourth-order valence-electron chi connectivity index (χ4n) is 1.96. The van der Waals surface area contributed by atoms with Crippen molar-refractivity contribution in [2.75, 3.05) is 38.2 Å². The number of hydrogen-bond donors (Lipinski definition) is 3. The summed E-state index contributed by atoms with van der Waals surface area (Å²) in [4.78, 5) is 4.59. The fraction of sp³-hybridized carbons (Fsp3) is 0.562. The Morgan fingerprint density at radius 1 is 1.29 bits per heavy atom. The molecule has 0 aliphatic heterocycles. The third-order valence-electron chi connectivity index (χ3n) is 3.12. The molecule has 1 aromatic rings. The van der Waals surface area contributed by atoms with Crippen molar-refractivity contribution in [1.29, 1.82) is 0 Å². The van der Waals surface area contributed by atoms with E-state index in [2.05, 4.69) is 28.8 Å². The molecule has 0 saturated heterocycles. The molecule has 1 rings (SSSR count). The molecule has 4 nitrogen and oxygen atoms in total. The quantitative estimate of drug-likeness (QED) is 0.371. The van der Waals surface area contributed by atoms with Crippen LogP contribution in [-0.4, -0.2) is 49.3 Å². The van der Waals surface area contributed by atoms with Gasteiger partial charge < -0.3 is 15.7 Å². The lowest BCUT2D eigenvalue weighted by atomic mass is 10.0. The summed E-state index contributed by atoms with van der Waals surface area (Å²) >= 11 is 1.85. The molecule has 0 heterocycles. The first kappa shape index (κ1) is 17.9. The zero-order valence-electron chi connectivity index (χ0n) is 13.0. The van der Waals surface area contributed by atoms with Crippen LogP contribution in [0.2, 0.25) is 0 Å². The summed E-state index contributed by atoms with van der Waals surface area (Å²) in [7, 11) is 0. The predicted octanol–water partition coefficient (Wildman–Crippen LogP) is 2.07. The lowest BCUT2D eigenvalue weighted by Crippen LogP contribution is -2.38. The third-order valence-corrected chi connectivity index (χ3v) is 3.82. The summed E-state index contributed by atoms with van der Waals surface area (Å²) in [6.45, 7) is 4.50. The van der Waals surface area contributed by atoms with Crippen molar-refractivity contribution in [2.45, 2.75) is 19.3 Å². The summed E-state index contributed by atoms with van der Waals surface area (Å²) in [6, 6.07) is 10.0. The average molecular weight is 309 g/mol. The van der Waals surface area contributed by atoms with Gasteiger partial charge in [0.2, 0.25) is 0 Å². The zero-order valence-corrected chi connectivity index (χ0v) is 13.8. The van der Waals surface area contributed by atoms with Crippen molar-refractivity contribution in [3.63, 3.8) is 0 Å². The molecule has 0 aliphatic carbocycles. The second-order valence-electron chi connectivity index (χ2n) is 4.78. The first-order valence-corrected chi connectivity index (χ1v) is 8.88. The molecule has 118 valence electrons. The molecule has 0 radical (unpaired) electrons. The number of nitrogens with one attached hydrogen (secondary N) is 2. The Bertz CT molecular complexity index is 398. The molecule has 0 bridgehead atoms. The van der Waals surface area contributed by atoms with Crippen LogP contribution in [0.3, 0.4) is 0 Å². The van der Waals surface area contributed by atoms with Gasteiger partial charge in [-0.1, -0.05) is 30.3 Å². The molecule has 0 aromatic heterocycles. The highest BCUT2D eigenvalue weighted by Crippen LogP contribution is 2.14. The van der Waals surface area contributed by atoms with Crippen molar-refractivity contribution in [1.82, 2.24) is 10.6 Å². The first-order chi connectivity index (χ1) is 10.3. The van der Waals surface area contributed by atoms with Crippen molar-refractivity contribution >= 4 is 17.7 Å². The summed E-state index contributed by atoms with van der Waals surface area (Å²) in [5.74, 6) is 2.02. The third kappa shape index (κ3) is 7.39. The van der Waals surface area contributed by atoms with Gasteiger partial charge in [0.15, 0.2) is 5.96 Å². The highest BCUT2D eigenvalue weighted by Gasteiger charge is 2.09. The van der Waals surface area contributed by atoms with Crippen LogP contribution >= 0.6 is 11.8 Å². The summed E-state index contributed by atoms with van der Waals surface area (Å²) in [5.41, 5.74) is 1.13. The Balaban J connectivity index is 2.54. The molecule has 21 heavy (non-hydrogen) atoms. The van der Waals surface area contributed by atoms with Crippen LogP contribution in [0.25, 0.3) is 0 Å². The van der Waals surface area contributed by atoms with E-state index in [-0.39, 0.29) is 12.5 Å². The van der Waals surface area contributed by atoms with Gasteiger partial charge in [0.05, 0.1) is 13.2 Å². The molecule has 0 aliphatic rings. The Hall–Kier alpha value is -1.20. The first-order valence-electron chi connectivity index (χ1n) is 7.48. The minimum absolute atomic E-state index is 0.0489. The van der Waals surface area contributed by atoms with Gasteiger partial charge in [-0.05, 0) is 30.9 Å². The van der Waals surface area contributed by atoms with E-state index in [0.29, 0.717) is 6.54 Å². The Labute approximate surface area is 132 Å². The molecular weight excluding hydrogens is 282 g/mol. The summed E-state index contributed by atoms with van der Waals surface area (Å²) in [5, 5.41) is 16.1. The van der Waals surface area contributed by atoms with Gasteiger partial charge in [0, 0.05) is 19.0 Å². The number of nitrogens with zero attached hydrogens (tertiary/aromatic N) is 1. The molecule has 0 saturated carbocycles. The highest BCUT2D eigenvalue weighted by molar-refractivity contribution is 7.98. The van der Waals surface area contributed by atoms with E-state index >= 15 is 0 Å². The number of benzene rings is 1. The van der Waals surface area contributed by atoms with E-state index in [9.17, 15) is 5.11 Å².